The summed E-state index contributed by atoms with van der Waals surface area (Å²) in [6.07, 6.45) is 4.57. The molecule has 0 aromatic heterocycles. The van der Waals surface area contributed by atoms with Crippen LogP contribution >= 0.6 is 0 Å². The van der Waals surface area contributed by atoms with Crippen LogP contribution in [0.3, 0.4) is 0 Å². The zero-order valence-electron chi connectivity index (χ0n) is 13.2. The molecule has 118 valence electrons. The number of hydrogen-bond acceptors (Lipinski definition) is 2. The van der Waals surface area contributed by atoms with Crippen molar-refractivity contribution in [3.8, 4) is 0 Å². The quantitative estimate of drug-likeness (QED) is 0.881. The largest absolute Gasteiger partial charge is 0.478 e. The highest BCUT2D eigenvalue weighted by Gasteiger charge is 2.54. The second kappa shape index (κ2) is 4.83. The van der Waals surface area contributed by atoms with E-state index in [1.54, 1.807) is 12.1 Å². The van der Waals surface area contributed by atoms with E-state index in [9.17, 15) is 14.7 Å². The molecule has 1 fully saturated rings. The van der Waals surface area contributed by atoms with E-state index in [0.717, 1.165) is 37.7 Å². The van der Waals surface area contributed by atoms with Crippen molar-refractivity contribution in [1.82, 2.24) is 0 Å². The Hall–Kier alpha value is -1.84. The number of aromatic carboxylic acids is 1. The van der Waals surface area contributed by atoms with Crippen LogP contribution in [0, 0.1) is 11.3 Å². The second-order valence-electron chi connectivity index (χ2n) is 7.32. The van der Waals surface area contributed by atoms with E-state index >= 15 is 0 Å². The number of primary amides is 1. The summed E-state index contributed by atoms with van der Waals surface area (Å²) >= 11 is 0. The summed E-state index contributed by atoms with van der Waals surface area (Å²) in [5.74, 6) is -0.857. The number of carboxylic acids is 1. The molecular formula is C18H23NO3. The van der Waals surface area contributed by atoms with Gasteiger partial charge in [-0.25, -0.2) is 4.79 Å². The zero-order valence-corrected chi connectivity index (χ0v) is 13.2. The van der Waals surface area contributed by atoms with Crippen LogP contribution in [0.5, 0.6) is 0 Å². The standard InChI is InChI=1S/C18H23NO3/c1-17-8-3-9-18(2,16(19)22)14(17)7-5-11-10-12(15(20)21)4-6-13(11)17/h4,6,10,14H,3,5,7-9H2,1-2H3,(H2,19,22)(H,20,21). The van der Waals surface area contributed by atoms with Crippen LogP contribution in [0.15, 0.2) is 18.2 Å². The molecule has 0 radical (unpaired) electrons. The number of carbonyl (C=O) groups excluding carboxylic acids is 1. The molecule has 4 heteroatoms. The van der Waals surface area contributed by atoms with E-state index in [0.29, 0.717) is 5.56 Å². The predicted molar refractivity (Wildman–Crippen MR) is 83.7 cm³/mol. The molecule has 0 aliphatic heterocycles. The minimum absolute atomic E-state index is 0.0906. The highest BCUT2D eigenvalue weighted by atomic mass is 16.4. The molecule has 3 unspecified atom stereocenters. The van der Waals surface area contributed by atoms with Crippen molar-refractivity contribution in [1.29, 1.82) is 0 Å². The fourth-order valence-corrected chi connectivity index (χ4v) is 4.92. The molecule has 2 aliphatic carbocycles. The van der Waals surface area contributed by atoms with Crippen molar-refractivity contribution in [3.63, 3.8) is 0 Å². The summed E-state index contributed by atoms with van der Waals surface area (Å²) in [5, 5.41) is 9.18. The molecule has 1 amide bonds. The minimum Gasteiger partial charge on any atom is -0.478 e. The summed E-state index contributed by atoms with van der Waals surface area (Å²) in [7, 11) is 0. The van der Waals surface area contributed by atoms with Crippen molar-refractivity contribution in [2.24, 2.45) is 17.1 Å². The number of carboxylic acid groups (broad SMARTS) is 1. The first-order valence-electron chi connectivity index (χ1n) is 7.95. The molecule has 4 nitrogen and oxygen atoms in total. The van der Waals surface area contributed by atoms with Crippen molar-refractivity contribution in [2.45, 2.75) is 51.4 Å². The second-order valence-corrected chi connectivity index (χ2v) is 7.32. The molecule has 3 rings (SSSR count). The van der Waals surface area contributed by atoms with Gasteiger partial charge in [0.25, 0.3) is 0 Å². The van der Waals surface area contributed by atoms with Crippen LogP contribution < -0.4 is 5.73 Å². The fraction of sp³-hybridized carbons (Fsp3) is 0.556. The summed E-state index contributed by atoms with van der Waals surface area (Å²) in [6, 6.07) is 5.44. The van der Waals surface area contributed by atoms with Gasteiger partial charge in [-0.2, -0.15) is 0 Å². The average molecular weight is 301 g/mol. The first kappa shape index (κ1) is 15.1. The highest BCUT2D eigenvalue weighted by Crippen LogP contribution is 2.57. The Morgan fingerprint density at radius 2 is 2.00 bits per heavy atom. The van der Waals surface area contributed by atoms with Gasteiger partial charge >= 0.3 is 5.97 Å². The highest BCUT2D eigenvalue weighted by molar-refractivity contribution is 5.88. The number of rotatable bonds is 2. The first-order chi connectivity index (χ1) is 10.3. The zero-order chi connectivity index (χ0) is 16.1. The van der Waals surface area contributed by atoms with Gasteiger partial charge in [-0.05, 0) is 60.3 Å². The predicted octanol–water partition coefficient (Wildman–Crippen LogP) is 2.88. The van der Waals surface area contributed by atoms with Crippen LogP contribution in [0.4, 0.5) is 0 Å². The lowest BCUT2D eigenvalue weighted by Crippen LogP contribution is -2.54. The number of carbonyl (C=O) groups is 2. The maximum Gasteiger partial charge on any atom is 0.335 e. The topological polar surface area (TPSA) is 80.4 Å². The molecule has 3 atom stereocenters. The van der Waals surface area contributed by atoms with Gasteiger partial charge in [0.2, 0.25) is 5.91 Å². The summed E-state index contributed by atoms with van der Waals surface area (Å²) in [4.78, 5) is 23.3. The van der Waals surface area contributed by atoms with E-state index in [-0.39, 0.29) is 17.2 Å². The SMILES string of the molecule is CC1(C(N)=O)CCCC2(C)c3ccc(C(=O)O)cc3CCC12. The van der Waals surface area contributed by atoms with E-state index in [1.807, 2.05) is 13.0 Å². The molecule has 22 heavy (non-hydrogen) atoms. The van der Waals surface area contributed by atoms with Gasteiger partial charge in [-0.3, -0.25) is 4.79 Å². The van der Waals surface area contributed by atoms with Crippen LogP contribution in [-0.2, 0) is 16.6 Å². The van der Waals surface area contributed by atoms with Crippen LogP contribution in [0.25, 0.3) is 0 Å². The molecule has 3 N–H and O–H groups in total. The van der Waals surface area contributed by atoms with Crippen molar-refractivity contribution in [3.05, 3.63) is 34.9 Å². The Bertz CT molecular complexity index is 654. The van der Waals surface area contributed by atoms with Crippen LogP contribution in [0.2, 0.25) is 0 Å². The van der Waals surface area contributed by atoms with Gasteiger partial charge in [0.15, 0.2) is 0 Å². The maximum absolute atomic E-state index is 12.1. The third kappa shape index (κ3) is 1.97. The van der Waals surface area contributed by atoms with Gasteiger partial charge in [-0.1, -0.05) is 26.3 Å². The smallest absolute Gasteiger partial charge is 0.335 e. The fourth-order valence-electron chi connectivity index (χ4n) is 4.92. The molecule has 1 aromatic rings. The van der Waals surface area contributed by atoms with E-state index in [1.165, 1.54) is 5.56 Å². The Kier molecular flexibility index (Phi) is 3.31. The molecular weight excluding hydrogens is 278 g/mol. The lowest BCUT2D eigenvalue weighted by atomic mass is 9.49. The number of hydrogen-bond donors (Lipinski definition) is 2. The van der Waals surface area contributed by atoms with Gasteiger partial charge in [0.1, 0.15) is 0 Å². The first-order valence-corrected chi connectivity index (χ1v) is 7.95. The Morgan fingerprint density at radius 3 is 2.64 bits per heavy atom. The Morgan fingerprint density at radius 1 is 1.27 bits per heavy atom. The number of nitrogens with two attached hydrogens (primary N) is 1. The monoisotopic (exact) mass is 301 g/mol. The summed E-state index contributed by atoms with van der Waals surface area (Å²) in [5.41, 5.74) is 7.85. The Labute approximate surface area is 130 Å². The molecule has 1 saturated carbocycles. The third-order valence-corrected chi connectivity index (χ3v) is 6.16. The van der Waals surface area contributed by atoms with E-state index in [4.69, 9.17) is 5.73 Å². The molecule has 0 spiro atoms. The number of benzene rings is 1. The number of amides is 1. The molecule has 0 saturated heterocycles. The lowest BCUT2D eigenvalue weighted by molar-refractivity contribution is -0.135. The van der Waals surface area contributed by atoms with Gasteiger partial charge in [0, 0.05) is 5.41 Å². The maximum atomic E-state index is 12.1. The minimum atomic E-state index is -0.888. The molecule has 2 aliphatic rings. The average Bonchev–Trinajstić information content (AvgIpc) is 2.46. The molecule has 1 aromatic carbocycles. The van der Waals surface area contributed by atoms with Crippen molar-refractivity contribution in [2.75, 3.05) is 0 Å². The summed E-state index contributed by atoms with van der Waals surface area (Å²) < 4.78 is 0. The Balaban J connectivity index is 2.09. The lowest BCUT2D eigenvalue weighted by Gasteiger charge is -2.54. The van der Waals surface area contributed by atoms with Crippen molar-refractivity contribution < 1.29 is 14.7 Å². The van der Waals surface area contributed by atoms with Crippen LogP contribution in [-0.4, -0.2) is 17.0 Å². The van der Waals surface area contributed by atoms with Gasteiger partial charge in [-0.15, -0.1) is 0 Å². The number of aryl methyl sites for hydroxylation is 1. The van der Waals surface area contributed by atoms with Gasteiger partial charge in [0.05, 0.1) is 5.56 Å². The van der Waals surface area contributed by atoms with Crippen LogP contribution in [0.1, 0.15) is 61.0 Å². The van der Waals surface area contributed by atoms with Crippen molar-refractivity contribution >= 4 is 11.9 Å². The summed E-state index contributed by atoms with van der Waals surface area (Å²) in [6.45, 7) is 4.23. The molecule has 0 heterocycles. The number of fused-ring (bicyclic) bond motifs is 3. The normalized spacial score (nSPS) is 33.6. The molecule has 0 bridgehead atoms. The van der Waals surface area contributed by atoms with E-state index < -0.39 is 11.4 Å². The van der Waals surface area contributed by atoms with Gasteiger partial charge < -0.3 is 10.8 Å². The third-order valence-electron chi connectivity index (χ3n) is 6.16. The van der Waals surface area contributed by atoms with E-state index in [2.05, 4.69) is 6.92 Å².